The Bertz CT molecular complexity index is 679. The third-order valence-electron chi connectivity index (χ3n) is 2.99. The fourth-order valence-corrected chi connectivity index (χ4v) is 3.12. The molecule has 0 aliphatic rings. The molecule has 3 nitrogen and oxygen atoms in total. The van der Waals surface area contributed by atoms with Crippen molar-refractivity contribution in [3.05, 3.63) is 77.2 Å². The molecule has 0 saturated heterocycles. The average molecular weight is 301 g/mol. The van der Waals surface area contributed by atoms with Gasteiger partial charge in [0.1, 0.15) is 0 Å². The van der Waals surface area contributed by atoms with Crippen LogP contribution in [0, 0.1) is 0 Å². The van der Waals surface area contributed by atoms with Gasteiger partial charge >= 0.3 is 0 Å². The molecule has 0 aliphatic heterocycles. The highest BCUT2D eigenvalue weighted by Gasteiger charge is 2.11. The quantitative estimate of drug-likeness (QED) is 0.890. The predicted molar refractivity (Wildman–Crippen MR) is 87.1 cm³/mol. The predicted octanol–water partition coefficient (Wildman–Crippen LogP) is 3.21. The fraction of sp³-hybridized carbons (Fsp3) is 0.176. The summed E-state index contributed by atoms with van der Waals surface area (Å²) in [5, 5.41) is 1.21. The summed E-state index contributed by atoms with van der Waals surface area (Å²) in [5.74, 6) is 0. The van der Waals surface area contributed by atoms with Crippen LogP contribution in [0.3, 0.4) is 0 Å². The molecular formula is C17H19NO2S. The number of hydrogen-bond donors (Lipinski definition) is 1. The second-order valence-corrected chi connectivity index (χ2v) is 6.56. The van der Waals surface area contributed by atoms with Gasteiger partial charge in [0.2, 0.25) is 10.0 Å². The maximum absolute atomic E-state index is 12.0. The zero-order valence-corrected chi connectivity index (χ0v) is 12.8. The van der Waals surface area contributed by atoms with Crippen molar-refractivity contribution in [2.24, 2.45) is 0 Å². The van der Waals surface area contributed by atoms with E-state index < -0.39 is 10.0 Å². The lowest BCUT2D eigenvalue weighted by atomic mass is 10.1. The van der Waals surface area contributed by atoms with Gasteiger partial charge in [-0.15, -0.1) is 0 Å². The van der Waals surface area contributed by atoms with E-state index in [1.165, 1.54) is 5.41 Å². The van der Waals surface area contributed by atoms with Crippen molar-refractivity contribution in [1.29, 1.82) is 0 Å². The van der Waals surface area contributed by atoms with E-state index in [0.29, 0.717) is 6.42 Å². The van der Waals surface area contributed by atoms with Gasteiger partial charge in [-0.2, -0.15) is 0 Å². The zero-order chi connectivity index (χ0) is 15.1. The van der Waals surface area contributed by atoms with E-state index in [9.17, 15) is 8.42 Å². The Kier molecular flexibility index (Phi) is 5.31. The molecule has 0 spiro atoms. The molecule has 1 unspecified atom stereocenters. The lowest BCUT2D eigenvalue weighted by molar-refractivity contribution is 0.569. The Morgan fingerprint density at radius 1 is 1.00 bits per heavy atom. The first-order valence-corrected chi connectivity index (χ1v) is 8.39. The molecule has 2 aromatic rings. The second kappa shape index (κ2) is 7.20. The first kappa shape index (κ1) is 15.5. The molecule has 0 heterocycles. The van der Waals surface area contributed by atoms with Crippen LogP contribution in [0.4, 0.5) is 0 Å². The van der Waals surface area contributed by atoms with E-state index in [2.05, 4.69) is 4.72 Å². The van der Waals surface area contributed by atoms with Crippen LogP contribution in [0.1, 0.15) is 18.1 Å². The molecule has 0 fully saturated rings. The minimum Gasteiger partial charge on any atom is -0.209 e. The molecule has 21 heavy (non-hydrogen) atoms. The van der Waals surface area contributed by atoms with Crippen molar-refractivity contribution in [1.82, 2.24) is 4.72 Å². The van der Waals surface area contributed by atoms with Crippen molar-refractivity contribution >= 4 is 16.1 Å². The summed E-state index contributed by atoms with van der Waals surface area (Å²) >= 11 is 0. The third kappa shape index (κ3) is 5.53. The molecule has 0 bridgehead atoms. The van der Waals surface area contributed by atoms with Crippen LogP contribution in [-0.4, -0.2) is 14.5 Å². The lowest BCUT2D eigenvalue weighted by Crippen LogP contribution is -2.32. The summed E-state index contributed by atoms with van der Waals surface area (Å²) in [6.07, 6.45) is 2.26. The lowest BCUT2D eigenvalue weighted by Gasteiger charge is -2.12. The van der Waals surface area contributed by atoms with Gasteiger partial charge in [0, 0.05) is 11.4 Å². The second-order valence-electron chi connectivity index (χ2n) is 4.97. The van der Waals surface area contributed by atoms with Gasteiger partial charge in [0.05, 0.1) is 0 Å². The Morgan fingerprint density at radius 2 is 1.57 bits per heavy atom. The molecular weight excluding hydrogens is 282 g/mol. The van der Waals surface area contributed by atoms with Crippen LogP contribution >= 0.6 is 0 Å². The topological polar surface area (TPSA) is 46.2 Å². The van der Waals surface area contributed by atoms with Crippen LogP contribution in [-0.2, 0) is 16.4 Å². The van der Waals surface area contributed by atoms with Crippen molar-refractivity contribution < 1.29 is 8.42 Å². The van der Waals surface area contributed by atoms with Crippen molar-refractivity contribution in [2.45, 2.75) is 19.4 Å². The van der Waals surface area contributed by atoms with E-state index in [1.54, 1.807) is 6.08 Å². The monoisotopic (exact) mass is 301 g/mol. The van der Waals surface area contributed by atoms with Crippen LogP contribution in [0.15, 0.2) is 66.1 Å². The van der Waals surface area contributed by atoms with E-state index in [-0.39, 0.29) is 6.04 Å². The minimum atomic E-state index is -3.43. The number of hydrogen-bond acceptors (Lipinski definition) is 2. The van der Waals surface area contributed by atoms with E-state index >= 15 is 0 Å². The maximum Gasteiger partial charge on any atom is 0.233 e. The Morgan fingerprint density at radius 3 is 2.19 bits per heavy atom. The molecule has 110 valence electrons. The SMILES string of the molecule is CC(Cc1ccccc1)NS(=O)(=O)/C=C/c1ccccc1. The first-order valence-electron chi connectivity index (χ1n) is 6.84. The van der Waals surface area contributed by atoms with Crippen molar-refractivity contribution in [3.8, 4) is 0 Å². The summed E-state index contributed by atoms with van der Waals surface area (Å²) in [4.78, 5) is 0. The highest BCUT2D eigenvalue weighted by Crippen LogP contribution is 2.06. The van der Waals surface area contributed by atoms with Crippen molar-refractivity contribution in [2.75, 3.05) is 0 Å². The van der Waals surface area contributed by atoms with E-state index in [4.69, 9.17) is 0 Å². The van der Waals surface area contributed by atoms with Crippen LogP contribution < -0.4 is 4.72 Å². The van der Waals surface area contributed by atoms with E-state index in [1.807, 2.05) is 67.6 Å². The largest absolute Gasteiger partial charge is 0.233 e. The first-order chi connectivity index (χ1) is 10.1. The van der Waals surface area contributed by atoms with Crippen LogP contribution in [0.5, 0.6) is 0 Å². The van der Waals surface area contributed by atoms with Crippen molar-refractivity contribution in [3.63, 3.8) is 0 Å². The Balaban J connectivity index is 1.96. The summed E-state index contributed by atoms with van der Waals surface area (Å²) in [6.45, 7) is 1.86. The standard InChI is InChI=1S/C17H19NO2S/c1-15(14-17-10-6-3-7-11-17)18-21(19,20)13-12-16-8-4-2-5-9-16/h2-13,15,18H,14H2,1H3/b13-12+. The molecule has 0 radical (unpaired) electrons. The van der Waals surface area contributed by atoms with Gasteiger partial charge in [0.25, 0.3) is 0 Å². The average Bonchev–Trinajstić information content (AvgIpc) is 2.47. The molecule has 0 saturated carbocycles. The van der Waals surface area contributed by atoms with Gasteiger partial charge in [0.15, 0.2) is 0 Å². The minimum absolute atomic E-state index is 0.155. The van der Waals surface area contributed by atoms with Gasteiger partial charge in [-0.1, -0.05) is 60.7 Å². The third-order valence-corrected chi connectivity index (χ3v) is 4.21. The molecule has 0 aromatic heterocycles. The summed E-state index contributed by atoms with van der Waals surface area (Å²) < 4.78 is 26.7. The number of sulfonamides is 1. The molecule has 0 amide bonds. The van der Waals surface area contributed by atoms with Gasteiger partial charge < -0.3 is 0 Å². The Labute approximate surface area is 126 Å². The molecule has 2 aromatic carbocycles. The fourth-order valence-electron chi connectivity index (χ4n) is 2.06. The molecule has 1 atom stereocenters. The highest BCUT2D eigenvalue weighted by molar-refractivity contribution is 7.92. The van der Waals surface area contributed by atoms with Gasteiger partial charge in [-0.25, -0.2) is 13.1 Å². The van der Waals surface area contributed by atoms with Gasteiger partial charge in [-0.05, 0) is 30.5 Å². The van der Waals surface area contributed by atoms with Crippen LogP contribution in [0.25, 0.3) is 6.08 Å². The summed E-state index contributed by atoms with van der Waals surface area (Å²) in [7, 11) is -3.43. The molecule has 2 rings (SSSR count). The summed E-state index contributed by atoms with van der Waals surface area (Å²) in [6, 6.07) is 19.0. The highest BCUT2D eigenvalue weighted by atomic mass is 32.2. The molecule has 0 aliphatic carbocycles. The number of nitrogens with one attached hydrogen (secondary N) is 1. The van der Waals surface area contributed by atoms with E-state index in [0.717, 1.165) is 11.1 Å². The Hall–Kier alpha value is -1.91. The smallest absolute Gasteiger partial charge is 0.209 e. The zero-order valence-electron chi connectivity index (χ0n) is 11.9. The summed E-state index contributed by atoms with van der Waals surface area (Å²) in [5.41, 5.74) is 1.97. The normalized spacial score (nSPS) is 13.4. The molecule has 4 heteroatoms. The van der Waals surface area contributed by atoms with Crippen LogP contribution in [0.2, 0.25) is 0 Å². The number of rotatable bonds is 6. The van der Waals surface area contributed by atoms with Gasteiger partial charge in [-0.3, -0.25) is 0 Å². The molecule has 1 N–H and O–H groups in total. The number of benzene rings is 2. The maximum atomic E-state index is 12.0.